The molecule has 1 N–H and O–H groups in total. The van der Waals surface area contributed by atoms with Gasteiger partial charge in [-0.05, 0) is 54.3 Å². The number of hydrogen-bond acceptors (Lipinski definition) is 4. The zero-order valence-electron chi connectivity index (χ0n) is 19.1. The van der Waals surface area contributed by atoms with Crippen molar-refractivity contribution < 1.29 is 14.0 Å². The molecule has 1 aromatic heterocycles. The average Bonchev–Trinajstić information content (AvgIpc) is 3.39. The van der Waals surface area contributed by atoms with Gasteiger partial charge in [0.1, 0.15) is 11.8 Å². The minimum absolute atomic E-state index is 0.0210. The van der Waals surface area contributed by atoms with Gasteiger partial charge >= 0.3 is 0 Å². The van der Waals surface area contributed by atoms with E-state index in [1.54, 1.807) is 29.4 Å². The highest BCUT2D eigenvalue weighted by atomic mass is 16.3. The van der Waals surface area contributed by atoms with Crippen LogP contribution in [0.1, 0.15) is 46.5 Å². The molecule has 0 bridgehead atoms. The van der Waals surface area contributed by atoms with Gasteiger partial charge in [-0.25, -0.2) is 0 Å². The van der Waals surface area contributed by atoms with Crippen molar-refractivity contribution in [3.63, 3.8) is 0 Å². The molecule has 35 heavy (non-hydrogen) atoms. The van der Waals surface area contributed by atoms with E-state index in [0.29, 0.717) is 35.4 Å². The number of carbonyl (C=O) groups excluding carboxylic acids is 2. The van der Waals surface area contributed by atoms with Crippen molar-refractivity contribution in [2.45, 2.75) is 24.8 Å². The maximum Gasteiger partial charge on any atom is 0.259 e. The van der Waals surface area contributed by atoms with Gasteiger partial charge in [0.05, 0.1) is 17.6 Å². The molecule has 172 valence electrons. The van der Waals surface area contributed by atoms with Crippen LogP contribution in [0.3, 0.4) is 0 Å². The lowest BCUT2D eigenvalue weighted by Crippen LogP contribution is -2.38. The first-order chi connectivity index (χ1) is 17.2. The number of Topliss-reactive ketones (excluding diaryl/α,β-unsaturated/α-hetero) is 1. The normalized spacial score (nSPS) is 19.4. The first kappa shape index (κ1) is 21.2. The second kappa shape index (κ2) is 8.76. The van der Waals surface area contributed by atoms with Gasteiger partial charge in [0.25, 0.3) is 5.91 Å². The molecular weight excluding hydrogens is 436 g/mol. The highest BCUT2D eigenvalue weighted by Gasteiger charge is 2.43. The Morgan fingerprint density at radius 1 is 0.829 bits per heavy atom. The molecule has 1 aliphatic carbocycles. The third-order valence-electron chi connectivity index (χ3n) is 6.81. The number of para-hydroxylation sites is 2. The molecule has 0 saturated carbocycles. The molecule has 1 aliphatic heterocycles. The highest BCUT2D eigenvalue weighted by Crippen LogP contribution is 2.47. The van der Waals surface area contributed by atoms with Crippen LogP contribution < -0.4 is 10.2 Å². The quantitative estimate of drug-likeness (QED) is 0.379. The van der Waals surface area contributed by atoms with E-state index >= 15 is 0 Å². The third kappa shape index (κ3) is 3.75. The lowest BCUT2D eigenvalue weighted by molar-refractivity contribution is -0.116. The minimum atomic E-state index is -0.673. The molecule has 6 rings (SSSR count). The van der Waals surface area contributed by atoms with Crippen molar-refractivity contribution in [2.75, 3.05) is 10.2 Å². The van der Waals surface area contributed by atoms with E-state index in [2.05, 4.69) is 17.4 Å². The van der Waals surface area contributed by atoms with Gasteiger partial charge < -0.3 is 9.73 Å². The van der Waals surface area contributed by atoms with Gasteiger partial charge in [0.2, 0.25) is 0 Å². The summed E-state index contributed by atoms with van der Waals surface area (Å²) in [7, 11) is 0. The van der Waals surface area contributed by atoms with E-state index in [1.165, 1.54) is 0 Å². The first-order valence-electron chi connectivity index (χ1n) is 11.8. The summed E-state index contributed by atoms with van der Waals surface area (Å²) in [5, 5.41) is 3.54. The molecule has 5 nitrogen and oxygen atoms in total. The number of nitrogens with zero attached hydrogens (tertiary/aromatic N) is 1. The van der Waals surface area contributed by atoms with Crippen molar-refractivity contribution in [2.24, 2.45) is 0 Å². The van der Waals surface area contributed by atoms with Crippen LogP contribution in [0.5, 0.6) is 0 Å². The van der Waals surface area contributed by atoms with Crippen LogP contribution in [0, 0.1) is 0 Å². The van der Waals surface area contributed by atoms with Gasteiger partial charge in [0, 0.05) is 23.3 Å². The van der Waals surface area contributed by atoms with Gasteiger partial charge in [0.15, 0.2) is 5.78 Å². The molecule has 2 atom stereocenters. The standard InChI is InChI=1S/C30H24N2O3/c33-26-19-22(20-10-3-1-4-11-20)18-24-28(26)29(27-16-9-17-35-27)32(25-15-8-7-14-23(25)31-24)30(34)21-12-5-2-6-13-21/h1-17,22,29,31H,18-19H2/t22-,29+/m0/s1. The van der Waals surface area contributed by atoms with Gasteiger partial charge in [-0.15, -0.1) is 0 Å². The van der Waals surface area contributed by atoms with Crippen LogP contribution in [-0.4, -0.2) is 11.7 Å². The Hall–Kier alpha value is -4.38. The number of rotatable bonds is 3. The molecule has 5 heteroatoms. The fraction of sp³-hybridized carbons (Fsp3) is 0.133. The summed E-state index contributed by atoms with van der Waals surface area (Å²) < 4.78 is 5.86. The number of amides is 1. The smallest absolute Gasteiger partial charge is 0.259 e. The first-order valence-corrected chi connectivity index (χ1v) is 11.8. The Labute approximate surface area is 203 Å². The summed E-state index contributed by atoms with van der Waals surface area (Å²) in [5.41, 5.74) is 4.62. The highest BCUT2D eigenvalue weighted by molar-refractivity contribution is 6.11. The van der Waals surface area contributed by atoms with Crippen molar-refractivity contribution in [1.82, 2.24) is 0 Å². The summed E-state index contributed by atoms with van der Waals surface area (Å²) in [5.74, 6) is 0.461. The number of allylic oxidation sites excluding steroid dienone is 1. The molecule has 0 saturated heterocycles. The molecule has 2 heterocycles. The number of benzene rings is 3. The number of carbonyl (C=O) groups is 2. The summed E-state index contributed by atoms with van der Waals surface area (Å²) in [4.78, 5) is 29.6. The molecule has 1 amide bonds. The number of nitrogens with one attached hydrogen (secondary N) is 1. The van der Waals surface area contributed by atoms with E-state index in [9.17, 15) is 9.59 Å². The summed E-state index contributed by atoms with van der Waals surface area (Å²) >= 11 is 0. The molecule has 4 aromatic rings. The van der Waals surface area contributed by atoms with Crippen molar-refractivity contribution in [1.29, 1.82) is 0 Å². The van der Waals surface area contributed by atoms with Crippen molar-refractivity contribution in [3.8, 4) is 0 Å². The number of furan rings is 1. The van der Waals surface area contributed by atoms with Crippen LogP contribution in [0.15, 0.2) is 119 Å². The number of ketones is 1. The Balaban J connectivity index is 1.55. The monoisotopic (exact) mass is 460 g/mol. The SMILES string of the molecule is O=C1C[C@@H](c2ccccc2)CC2=C1[C@@H](c1ccco1)N(C(=O)c1ccccc1)c1ccccc1N2. The fourth-order valence-corrected chi connectivity index (χ4v) is 5.21. The zero-order chi connectivity index (χ0) is 23.8. The van der Waals surface area contributed by atoms with E-state index in [4.69, 9.17) is 4.42 Å². The topological polar surface area (TPSA) is 62.6 Å². The lowest BCUT2D eigenvalue weighted by Gasteiger charge is -2.33. The number of hydrogen-bond donors (Lipinski definition) is 1. The second-order valence-electron chi connectivity index (χ2n) is 8.93. The molecule has 2 aliphatic rings. The van der Waals surface area contributed by atoms with E-state index < -0.39 is 6.04 Å². The Morgan fingerprint density at radius 2 is 1.54 bits per heavy atom. The molecule has 3 aromatic carbocycles. The summed E-state index contributed by atoms with van der Waals surface area (Å²) in [6.07, 6.45) is 2.64. The summed E-state index contributed by atoms with van der Waals surface area (Å²) in [6, 6.07) is 30.0. The van der Waals surface area contributed by atoms with Gasteiger partial charge in [-0.2, -0.15) is 0 Å². The van der Waals surface area contributed by atoms with Crippen LogP contribution in [0.2, 0.25) is 0 Å². The predicted molar refractivity (Wildman–Crippen MR) is 135 cm³/mol. The number of fused-ring (bicyclic) bond motifs is 1. The lowest BCUT2D eigenvalue weighted by atomic mass is 9.79. The fourth-order valence-electron chi connectivity index (χ4n) is 5.21. The third-order valence-corrected chi connectivity index (χ3v) is 6.81. The molecule has 0 fully saturated rings. The van der Waals surface area contributed by atoms with Crippen LogP contribution in [0.25, 0.3) is 0 Å². The molecule has 0 radical (unpaired) electrons. The Kier molecular flexibility index (Phi) is 5.30. The second-order valence-corrected chi connectivity index (χ2v) is 8.93. The van der Waals surface area contributed by atoms with Crippen LogP contribution in [-0.2, 0) is 4.79 Å². The zero-order valence-corrected chi connectivity index (χ0v) is 19.1. The molecule has 0 spiro atoms. The van der Waals surface area contributed by atoms with Crippen molar-refractivity contribution >= 4 is 23.1 Å². The van der Waals surface area contributed by atoms with Gasteiger partial charge in [-0.1, -0.05) is 60.7 Å². The maximum atomic E-state index is 14.0. The Morgan fingerprint density at radius 3 is 2.29 bits per heavy atom. The largest absolute Gasteiger partial charge is 0.467 e. The van der Waals surface area contributed by atoms with E-state index in [0.717, 1.165) is 16.9 Å². The molecular formula is C30H24N2O3. The minimum Gasteiger partial charge on any atom is -0.467 e. The summed E-state index contributed by atoms with van der Waals surface area (Å²) in [6.45, 7) is 0. The van der Waals surface area contributed by atoms with E-state index in [-0.39, 0.29) is 17.6 Å². The predicted octanol–water partition coefficient (Wildman–Crippen LogP) is 6.49. The Bertz CT molecular complexity index is 1410. The van der Waals surface area contributed by atoms with E-state index in [1.807, 2.05) is 66.7 Å². The van der Waals surface area contributed by atoms with Crippen LogP contribution >= 0.6 is 0 Å². The van der Waals surface area contributed by atoms with Crippen molar-refractivity contribution in [3.05, 3.63) is 131 Å². The number of anilines is 2. The maximum absolute atomic E-state index is 14.0. The average molecular weight is 461 g/mol. The van der Waals surface area contributed by atoms with Gasteiger partial charge in [-0.3, -0.25) is 14.5 Å². The van der Waals surface area contributed by atoms with Crippen LogP contribution in [0.4, 0.5) is 11.4 Å². The molecule has 0 unspecified atom stereocenters.